The number of nitrogens with zero attached hydrogens (tertiary/aromatic N) is 1. The average molecular weight is 218 g/mol. The third kappa shape index (κ3) is 2.67. The van der Waals surface area contributed by atoms with Gasteiger partial charge in [-0.15, -0.1) is 0 Å². The first-order chi connectivity index (χ1) is 5.74. The lowest BCUT2D eigenvalue weighted by molar-refractivity contribution is 0.687. The molecule has 3 heteroatoms. The molecule has 0 fully saturated rings. The van der Waals surface area contributed by atoms with Crippen molar-refractivity contribution >= 4 is 17.2 Å². The Morgan fingerprint density at radius 2 is 1.31 bits per heavy atom. The highest BCUT2D eigenvalue weighted by Gasteiger charge is 2.39. The summed E-state index contributed by atoms with van der Waals surface area (Å²) in [4.78, 5) is 0. The molecular weight excluding hydrogens is 190 g/mol. The Morgan fingerprint density at radius 3 is 1.38 bits per heavy atom. The molecule has 0 aromatic heterocycles. The van der Waals surface area contributed by atoms with Crippen molar-refractivity contribution in [3.05, 3.63) is 0 Å². The van der Waals surface area contributed by atoms with Gasteiger partial charge in [0.05, 0.1) is 8.96 Å². The molecule has 0 saturated heterocycles. The van der Waals surface area contributed by atoms with Gasteiger partial charge in [-0.05, 0) is 18.1 Å². The molecular formula is C10H27NSi2. The second kappa shape index (κ2) is 4.76. The summed E-state index contributed by atoms with van der Waals surface area (Å²) >= 11 is 0. The third-order valence-corrected chi connectivity index (χ3v) is 14.8. The summed E-state index contributed by atoms with van der Waals surface area (Å²) in [5, 5.41) is 0. The molecule has 0 aromatic rings. The van der Waals surface area contributed by atoms with Crippen LogP contribution in [0.15, 0.2) is 0 Å². The Labute approximate surface area is 87.3 Å². The van der Waals surface area contributed by atoms with Crippen molar-refractivity contribution in [1.82, 2.24) is 4.23 Å². The van der Waals surface area contributed by atoms with Crippen LogP contribution in [0.5, 0.6) is 0 Å². The second-order valence-corrected chi connectivity index (χ2v) is 14.2. The lowest BCUT2D eigenvalue weighted by atomic mass is 10.5. The normalized spacial score (nSPS) is 13.8. The summed E-state index contributed by atoms with van der Waals surface area (Å²) in [6.45, 7) is 17.0. The van der Waals surface area contributed by atoms with E-state index >= 15 is 0 Å². The monoisotopic (exact) mass is 217 g/mol. The Bertz CT molecular complexity index is 147. The van der Waals surface area contributed by atoms with Gasteiger partial charge in [0.25, 0.3) is 0 Å². The lowest BCUT2D eigenvalue weighted by Crippen LogP contribution is -2.57. The largest absolute Gasteiger partial charge is 0.350 e. The van der Waals surface area contributed by atoms with Crippen molar-refractivity contribution in [3.63, 3.8) is 0 Å². The van der Waals surface area contributed by atoms with E-state index in [-0.39, 0.29) is 0 Å². The van der Waals surface area contributed by atoms with E-state index in [4.69, 9.17) is 0 Å². The number of hydrogen-bond acceptors (Lipinski definition) is 1. The van der Waals surface area contributed by atoms with E-state index in [2.05, 4.69) is 58.6 Å². The van der Waals surface area contributed by atoms with Gasteiger partial charge in [-0.3, -0.25) is 0 Å². The van der Waals surface area contributed by atoms with Crippen molar-refractivity contribution in [3.8, 4) is 0 Å². The Kier molecular flexibility index (Phi) is 4.90. The predicted octanol–water partition coefficient (Wildman–Crippen LogP) is 3.30. The minimum Gasteiger partial charge on any atom is -0.350 e. The van der Waals surface area contributed by atoms with E-state index < -0.39 is 17.2 Å². The van der Waals surface area contributed by atoms with Gasteiger partial charge in [0.1, 0.15) is 8.24 Å². The fourth-order valence-electron chi connectivity index (χ4n) is 2.04. The highest BCUT2D eigenvalue weighted by Crippen LogP contribution is 2.34. The summed E-state index contributed by atoms with van der Waals surface area (Å²) in [6, 6.07) is 0. The SMILES string of the molecule is CC(C)[Si](C)(C(C)C)N(C)[SiH](C)C. The Hall–Kier alpha value is 0.394. The minimum absolute atomic E-state index is 0.607. The van der Waals surface area contributed by atoms with Crippen LogP contribution in [0.25, 0.3) is 0 Å². The molecule has 0 N–H and O–H groups in total. The lowest BCUT2D eigenvalue weighted by Gasteiger charge is -2.45. The zero-order valence-corrected chi connectivity index (χ0v) is 12.8. The second-order valence-electron chi connectivity index (χ2n) is 5.24. The average Bonchev–Trinajstić information content (AvgIpc) is 2.00. The van der Waals surface area contributed by atoms with Crippen LogP contribution in [-0.4, -0.2) is 28.5 Å². The molecule has 0 saturated carbocycles. The molecule has 0 unspecified atom stereocenters. The molecule has 1 nitrogen and oxygen atoms in total. The first-order valence-corrected chi connectivity index (χ1v) is 10.9. The molecule has 0 aliphatic heterocycles. The van der Waals surface area contributed by atoms with Crippen LogP contribution in [0.1, 0.15) is 27.7 Å². The van der Waals surface area contributed by atoms with E-state index in [0.29, 0.717) is 0 Å². The molecule has 0 spiro atoms. The molecule has 0 radical (unpaired) electrons. The first-order valence-electron chi connectivity index (χ1n) is 5.47. The van der Waals surface area contributed by atoms with Crippen molar-refractivity contribution < 1.29 is 0 Å². The summed E-state index contributed by atoms with van der Waals surface area (Å²) in [6.07, 6.45) is 0. The maximum Gasteiger partial charge on any atom is 0.123 e. The number of rotatable bonds is 4. The van der Waals surface area contributed by atoms with Gasteiger partial charge in [-0.2, -0.15) is 0 Å². The van der Waals surface area contributed by atoms with Crippen LogP contribution in [-0.2, 0) is 0 Å². The third-order valence-electron chi connectivity index (χ3n) is 3.87. The predicted molar refractivity (Wildman–Crippen MR) is 68.5 cm³/mol. The van der Waals surface area contributed by atoms with Gasteiger partial charge in [0.2, 0.25) is 0 Å². The summed E-state index contributed by atoms with van der Waals surface area (Å²) in [5.74, 6) is 0. The van der Waals surface area contributed by atoms with Gasteiger partial charge in [-0.25, -0.2) is 0 Å². The zero-order chi connectivity index (χ0) is 10.8. The molecule has 0 aliphatic rings. The van der Waals surface area contributed by atoms with Crippen molar-refractivity contribution in [2.24, 2.45) is 0 Å². The Morgan fingerprint density at radius 1 is 1.00 bits per heavy atom. The van der Waals surface area contributed by atoms with Crippen molar-refractivity contribution in [2.75, 3.05) is 7.05 Å². The molecule has 0 heterocycles. The number of hydrogen-bond donors (Lipinski definition) is 0. The van der Waals surface area contributed by atoms with E-state index in [1.807, 2.05) is 0 Å². The van der Waals surface area contributed by atoms with Crippen LogP contribution in [0.3, 0.4) is 0 Å². The van der Waals surface area contributed by atoms with Gasteiger partial charge in [-0.1, -0.05) is 47.3 Å². The molecule has 0 rings (SSSR count). The fourth-order valence-corrected chi connectivity index (χ4v) is 11.2. The van der Waals surface area contributed by atoms with E-state index in [1.54, 1.807) is 0 Å². The van der Waals surface area contributed by atoms with Crippen LogP contribution in [0.4, 0.5) is 0 Å². The van der Waals surface area contributed by atoms with Crippen LogP contribution < -0.4 is 0 Å². The quantitative estimate of drug-likeness (QED) is 0.653. The fraction of sp³-hybridized carbons (Fsp3) is 1.00. The smallest absolute Gasteiger partial charge is 0.123 e. The minimum atomic E-state index is -1.18. The molecule has 0 amide bonds. The first kappa shape index (κ1) is 13.4. The van der Waals surface area contributed by atoms with Gasteiger partial charge < -0.3 is 4.23 Å². The molecule has 80 valence electrons. The highest BCUT2D eigenvalue weighted by molar-refractivity contribution is 6.86. The maximum atomic E-state index is 2.78. The summed E-state index contributed by atoms with van der Waals surface area (Å²) in [5.41, 5.74) is 1.74. The molecule has 0 aliphatic carbocycles. The molecule has 0 bridgehead atoms. The standard InChI is InChI=1S/C10H27NSi2/c1-9(2)13(8,10(3)4)11(5)12(6)7/h9-10,12H,1-8H3. The van der Waals surface area contributed by atoms with Gasteiger partial charge >= 0.3 is 0 Å². The topological polar surface area (TPSA) is 3.24 Å². The van der Waals surface area contributed by atoms with E-state index in [1.165, 1.54) is 0 Å². The van der Waals surface area contributed by atoms with E-state index in [9.17, 15) is 0 Å². The van der Waals surface area contributed by atoms with E-state index in [0.717, 1.165) is 11.1 Å². The van der Waals surface area contributed by atoms with Gasteiger partial charge in [0, 0.05) is 0 Å². The van der Waals surface area contributed by atoms with Crippen LogP contribution in [0.2, 0.25) is 30.7 Å². The van der Waals surface area contributed by atoms with Crippen LogP contribution in [0, 0.1) is 0 Å². The summed E-state index contributed by atoms with van der Waals surface area (Å²) in [7, 11) is 0.582. The zero-order valence-electron chi connectivity index (χ0n) is 10.7. The van der Waals surface area contributed by atoms with Crippen molar-refractivity contribution in [1.29, 1.82) is 0 Å². The van der Waals surface area contributed by atoms with Crippen LogP contribution >= 0.6 is 0 Å². The molecule has 0 aromatic carbocycles. The summed E-state index contributed by atoms with van der Waals surface area (Å²) < 4.78 is 2.78. The van der Waals surface area contributed by atoms with Crippen molar-refractivity contribution in [2.45, 2.75) is 58.4 Å². The highest BCUT2D eigenvalue weighted by atomic mass is 28.4. The molecule has 13 heavy (non-hydrogen) atoms. The molecule has 0 atom stereocenters. The maximum absolute atomic E-state index is 2.78. The van der Waals surface area contributed by atoms with Gasteiger partial charge in [0.15, 0.2) is 0 Å². The Balaban J connectivity index is 4.79.